The molecular formula is C16H22N2O2. The van der Waals surface area contributed by atoms with Crippen LogP contribution in [0.3, 0.4) is 0 Å². The molecule has 2 heterocycles. The van der Waals surface area contributed by atoms with E-state index in [-0.39, 0.29) is 18.1 Å². The van der Waals surface area contributed by atoms with Gasteiger partial charge in [-0.2, -0.15) is 0 Å². The van der Waals surface area contributed by atoms with Gasteiger partial charge in [-0.1, -0.05) is 18.2 Å². The number of ether oxygens (including phenoxy) is 1. The molecule has 3 rings (SSSR count). The van der Waals surface area contributed by atoms with Crippen molar-refractivity contribution < 1.29 is 9.53 Å². The van der Waals surface area contributed by atoms with Gasteiger partial charge in [-0.15, -0.1) is 0 Å². The molecule has 4 heteroatoms. The molecule has 1 saturated heterocycles. The Balaban J connectivity index is 1.67. The number of nitrogens with two attached hydrogens (primary N) is 1. The molecule has 0 bridgehead atoms. The lowest BCUT2D eigenvalue weighted by Gasteiger charge is -2.33. The SMILES string of the molecule is NC1CCN(C(=O)CCC2CCCO2)c2ccccc21. The van der Waals surface area contributed by atoms with Gasteiger partial charge in [-0.05, 0) is 37.3 Å². The van der Waals surface area contributed by atoms with Crippen LogP contribution in [0.25, 0.3) is 0 Å². The summed E-state index contributed by atoms with van der Waals surface area (Å²) in [6.07, 6.45) is 4.73. The van der Waals surface area contributed by atoms with Crippen LogP contribution in [0, 0.1) is 0 Å². The van der Waals surface area contributed by atoms with Gasteiger partial charge < -0.3 is 15.4 Å². The largest absolute Gasteiger partial charge is 0.378 e. The number of rotatable bonds is 3. The molecule has 0 aromatic heterocycles. The third-order valence-corrected chi connectivity index (χ3v) is 4.30. The van der Waals surface area contributed by atoms with Crippen LogP contribution in [0.1, 0.15) is 43.7 Å². The molecule has 2 atom stereocenters. The standard InChI is InChI=1S/C16H22N2O2/c17-14-9-10-18(15-6-2-1-5-13(14)15)16(19)8-7-12-4-3-11-20-12/h1-2,5-6,12,14H,3-4,7-11,17H2. The number of carbonyl (C=O) groups is 1. The summed E-state index contributed by atoms with van der Waals surface area (Å²) in [5.41, 5.74) is 8.20. The lowest BCUT2D eigenvalue weighted by molar-refractivity contribution is -0.119. The molecule has 20 heavy (non-hydrogen) atoms. The first-order chi connectivity index (χ1) is 9.75. The van der Waals surface area contributed by atoms with Gasteiger partial charge >= 0.3 is 0 Å². The Morgan fingerprint density at radius 3 is 3.00 bits per heavy atom. The van der Waals surface area contributed by atoms with Crippen LogP contribution in [0.2, 0.25) is 0 Å². The van der Waals surface area contributed by atoms with Gasteiger partial charge in [-0.3, -0.25) is 4.79 Å². The lowest BCUT2D eigenvalue weighted by atomic mass is 9.96. The maximum atomic E-state index is 12.5. The monoisotopic (exact) mass is 274 g/mol. The van der Waals surface area contributed by atoms with Crippen molar-refractivity contribution >= 4 is 11.6 Å². The Kier molecular flexibility index (Phi) is 4.03. The van der Waals surface area contributed by atoms with E-state index in [9.17, 15) is 4.79 Å². The van der Waals surface area contributed by atoms with Crippen LogP contribution < -0.4 is 10.6 Å². The van der Waals surface area contributed by atoms with Gasteiger partial charge in [0.1, 0.15) is 0 Å². The molecule has 0 saturated carbocycles. The number of nitrogens with zero attached hydrogens (tertiary/aromatic N) is 1. The number of amides is 1. The van der Waals surface area contributed by atoms with Crippen molar-refractivity contribution in [2.75, 3.05) is 18.1 Å². The van der Waals surface area contributed by atoms with Crippen molar-refractivity contribution in [2.24, 2.45) is 5.73 Å². The molecule has 0 spiro atoms. The van der Waals surface area contributed by atoms with Crippen molar-refractivity contribution in [3.8, 4) is 0 Å². The highest BCUT2D eigenvalue weighted by Crippen LogP contribution is 2.32. The molecule has 1 amide bonds. The van der Waals surface area contributed by atoms with Crippen LogP contribution in [0.5, 0.6) is 0 Å². The minimum atomic E-state index is 0.0495. The fourth-order valence-electron chi connectivity index (χ4n) is 3.14. The summed E-state index contributed by atoms with van der Waals surface area (Å²) in [5, 5.41) is 0. The average molecular weight is 274 g/mol. The smallest absolute Gasteiger partial charge is 0.227 e. The van der Waals surface area contributed by atoms with Crippen molar-refractivity contribution in [1.82, 2.24) is 0 Å². The van der Waals surface area contributed by atoms with E-state index in [4.69, 9.17) is 10.5 Å². The number of hydrogen-bond acceptors (Lipinski definition) is 3. The summed E-state index contributed by atoms with van der Waals surface area (Å²) in [5.74, 6) is 0.194. The number of hydrogen-bond donors (Lipinski definition) is 1. The Hall–Kier alpha value is -1.39. The normalized spacial score (nSPS) is 25.6. The van der Waals surface area contributed by atoms with E-state index in [0.29, 0.717) is 6.42 Å². The molecule has 1 aromatic carbocycles. The highest BCUT2D eigenvalue weighted by molar-refractivity contribution is 5.94. The zero-order chi connectivity index (χ0) is 13.9. The van der Waals surface area contributed by atoms with Crippen LogP contribution in [-0.4, -0.2) is 25.2 Å². The lowest BCUT2D eigenvalue weighted by Crippen LogP contribution is -2.38. The van der Waals surface area contributed by atoms with Crippen molar-refractivity contribution in [2.45, 2.75) is 44.2 Å². The van der Waals surface area contributed by atoms with Gasteiger partial charge in [0.15, 0.2) is 0 Å². The maximum absolute atomic E-state index is 12.5. The first kappa shape index (κ1) is 13.6. The number of fused-ring (bicyclic) bond motifs is 1. The molecule has 2 unspecified atom stereocenters. The topological polar surface area (TPSA) is 55.6 Å². The van der Waals surface area contributed by atoms with E-state index in [0.717, 1.165) is 50.1 Å². The minimum absolute atomic E-state index is 0.0495. The van der Waals surface area contributed by atoms with Crippen LogP contribution in [0.15, 0.2) is 24.3 Å². The first-order valence-corrected chi connectivity index (χ1v) is 7.52. The van der Waals surface area contributed by atoms with Gasteiger partial charge in [0.25, 0.3) is 0 Å². The maximum Gasteiger partial charge on any atom is 0.227 e. The summed E-state index contributed by atoms with van der Waals surface area (Å²) < 4.78 is 5.59. The second-order valence-electron chi connectivity index (χ2n) is 5.67. The Morgan fingerprint density at radius 2 is 2.20 bits per heavy atom. The van der Waals surface area contributed by atoms with Gasteiger partial charge in [0.05, 0.1) is 6.10 Å². The fraction of sp³-hybridized carbons (Fsp3) is 0.562. The van der Waals surface area contributed by atoms with Crippen molar-refractivity contribution in [1.29, 1.82) is 0 Å². The molecular weight excluding hydrogens is 252 g/mol. The van der Waals surface area contributed by atoms with Gasteiger partial charge in [0.2, 0.25) is 5.91 Å². The van der Waals surface area contributed by atoms with Gasteiger partial charge in [0, 0.05) is 31.3 Å². The van der Waals surface area contributed by atoms with E-state index in [1.54, 1.807) is 0 Å². The number of anilines is 1. The molecule has 2 aliphatic heterocycles. The summed E-state index contributed by atoms with van der Waals surface area (Å²) in [7, 11) is 0. The average Bonchev–Trinajstić information content (AvgIpc) is 2.99. The predicted octanol–water partition coefficient (Wildman–Crippen LogP) is 2.38. The Labute approximate surface area is 119 Å². The molecule has 2 aliphatic rings. The molecule has 0 aliphatic carbocycles. The Bertz CT molecular complexity index is 483. The quantitative estimate of drug-likeness (QED) is 0.920. The van der Waals surface area contributed by atoms with E-state index < -0.39 is 0 Å². The van der Waals surface area contributed by atoms with E-state index in [1.165, 1.54) is 0 Å². The summed E-state index contributed by atoms with van der Waals surface area (Å²) in [4.78, 5) is 14.4. The van der Waals surface area contributed by atoms with Crippen LogP contribution >= 0.6 is 0 Å². The third kappa shape index (κ3) is 2.72. The third-order valence-electron chi connectivity index (χ3n) is 4.30. The highest BCUT2D eigenvalue weighted by Gasteiger charge is 2.27. The summed E-state index contributed by atoms with van der Waals surface area (Å²) >= 11 is 0. The summed E-state index contributed by atoms with van der Waals surface area (Å²) in [6.45, 7) is 1.57. The zero-order valence-corrected chi connectivity index (χ0v) is 11.8. The number of carbonyl (C=O) groups excluding carboxylic acids is 1. The van der Waals surface area contributed by atoms with Crippen molar-refractivity contribution in [3.63, 3.8) is 0 Å². The van der Waals surface area contributed by atoms with E-state index in [1.807, 2.05) is 29.2 Å². The molecule has 1 fully saturated rings. The van der Waals surface area contributed by atoms with Crippen LogP contribution in [0.4, 0.5) is 5.69 Å². The molecule has 1 aromatic rings. The predicted molar refractivity (Wildman–Crippen MR) is 78.5 cm³/mol. The number of benzene rings is 1. The fourth-order valence-corrected chi connectivity index (χ4v) is 3.14. The molecule has 2 N–H and O–H groups in total. The number of para-hydroxylation sites is 1. The van der Waals surface area contributed by atoms with Crippen molar-refractivity contribution in [3.05, 3.63) is 29.8 Å². The molecule has 0 radical (unpaired) electrons. The van der Waals surface area contributed by atoms with Crippen LogP contribution in [-0.2, 0) is 9.53 Å². The second kappa shape index (κ2) is 5.94. The zero-order valence-electron chi connectivity index (χ0n) is 11.8. The van der Waals surface area contributed by atoms with E-state index >= 15 is 0 Å². The summed E-state index contributed by atoms with van der Waals surface area (Å²) in [6, 6.07) is 8.03. The van der Waals surface area contributed by atoms with E-state index in [2.05, 4.69) is 0 Å². The Morgan fingerprint density at radius 1 is 1.35 bits per heavy atom. The first-order valence-electron chi connectivity index (χ1n) is 7.52. The molecule has 108 valence electrons. The second-order valence-corrected chi connectivity index (χ2v) is 5.67. The molecule has 4 nitrogen and oxygen atoms in total. The minimum Gasteiger partial charge on any atom is -0.378 e. The highest BCUT2D eigenvalue weighted by atomic mass is 16.5. The van der Waals surface area contributed by atoms with Gasteiger partial charge in [-0.25, -0.2) is 0 Å².